The molecule has 0 radical (unpaired) electrons. The highest BCUT2D eigenvalue weighted by Gasteiger charge is 2.24. The molecule has 1 aliphatic carbocycles. The summed E-state index contributed by atoms with van der Waals surface area (Å²) in [5.41, 5.74) is 1.45. The van der Waals surface area contributed by atoms with E-state index in [2.05, 4.69) is 15.6 Å². The predicted molar refractivity (Wildman–Crippen MR) is 108 cm³/mol. The Morgan fingerprint density at radius 2 is 1.79 bits per heavy atom. The summed E-state index contributed by atoms with van der Waals surface area (Å²) in [7, 11) is 0. The Morgan fingerprint density at radius 1 is 1.07 bits per heavy atom. The number of piperidine rings is 1. The molecule has 7 heteroatoms. The van der Waals surface area contributed by atoms with Gasteiger partial charge in [-0.1, -0.05) is 25.7 Å². The van der Waals surface area contributed by atoms with E-state index in [1.807, 2.05) is 13.0 Å². The number of amides is 2. The van der Waals surface area contributed by atoms with Gasteiger partial charge < -0.3 is 20.3 Å². The summed E-state index contributed by atoms with van der Waals surface area (Å²) >= 11 is 0. The maximum atomic E-state index is 12.6. The van der Waals surface area contributed by atoms with E-state index in [1.165, 1.54) is 25.7 Å². The SMILES string of the molecule is CCOC(=O)N1CCC(Nc2cncc(C(=O)NC3CCCCCC3)c2)CC1. The molecule has 1 aliphatic heterocycles. The highest BCUT2D eigenvalue weighted by atomic mass is 16.6. The zero-order chi connectivity index (χ0) is 19.8. The Hall–Kier alpha value is -2.31. The summed E-state index contributed by atoms with van der Waals surface area (Å²) < 4.78 is 5.06. The lowest BCUT2D eigenvalue weighted by molar-refractivity contribution is 0.0931. The zero-order valence-electron chi connectivity index (χ0n) is 16.8. The van der Waals surface area contributed by atoms with Crippen LogP contribution < -0.4 is 10.6 Å². The first-order chi connectivity index (χ1) is 13.7. The highest BCUT2D eigenvalue weighted by molar-refractivity contribution is 5.94. The van der Waals surface area contributed by atoms with Crippen molar-refractivity contribution >= 4 is 17.7 Å². The third kappa shape index (κ3) is 5.84. The molecule has 1 saturated heterocycles. The van der Waals surface area contributed by atoms with E-state index in [9.17, 15) is 9.59 Å². The van der Waals surface area contributed by atoms with E-state index in [0.29, 0.717) is 25.3 Å². The third-order valence-electron chi connectivity index (χ3n) is 5.58. The van der Waals surface area contributed by atoms with Crippen molar-refractivity contribution in [2.75, 3.05) is 25.0 Å². The summed E-state index contributed by atoms with van der Waals surface area (Å²) in [6.45, 7) is 3.56. The number of anilines is 1. The quantitative estimate of drug-likeness (QED) is 0.754. The van der Waals surface area contributed by atoms with E-state index in [-0.39, 0.29) is 24.1 Å². The molecule has 0 bridgehead atoms. The third-order valence-corrected chi connectivity index (χ3v) is 5.58. The molecule has 2 fully saturated rings. The molecule has 1 aromatic heterocycles. The summed E-state index contributed by atoms with van der Waals surface area (Å²) in [6, 6.07) is 2.41. The van der Waals surface area contributed by atoms with Crippen LogP contribution in [0.5, 0.6) is 0 Å². The normalized spacial score (nSPS) is 19.0. The van der Waals surface area contributed by atoms with Crippen LogP contribution in [0.2, 0.25) is 0 Å². The van der Waals surface area contributed by atoms with E-state index in [0.717, 1.165) is 31.4 Å². The number of nitrogens with zero attached hydrogens (tertiary/aromatic N) is 2. The fourth-order valence-electron chi connectivity index (χ4n) is 3.99. The minimum absolute atomic E-state index is 0.0415. The molecule has 0 atom stereocenters. The number of ether oxygens (including phenoxy) is 1. The van der Waals surface area contributed by atoms with Crippen molar-refractivity contribution in [2.45, 2.75) is 70.4 Å². The van der Waals surface area contributed by atoms with Crippen molar-refractivity contribution in [3.05, 3.63) is 24.0 Å². The lowest BCUT2D eigenvalue weighted by atomic mass is 10.0. The van der Waals surface area contributed by atoms with Crippen molar-refractivity contribution in [1.29, 1.82) is 0 Å². The van der Waals surface area contributed by atoms with Crippen LogP contribution in [0, 0.1) is 0 Å². The summed E-state index contributed by atoms with van der Waals surface area (Å²) in [6.07, 6.45) is 11.9. The first-order valence-corrected chi connectivity index (χ1v) is 10.6. The average Bonchev–Trinajstić information content (AvgIpc) is 2.97. The minimum atomic E-state index is -0.236. The zero-order valence-corrected chi connectivity index (χ0v) is 16.8. The van der Waals surface area contributed by atoms with Gasteiger partial charge in [0.25, 0.3) is 5.91 Å². The molecule has 1 saturated carbocycles. The second kappa shape index (κ2) is 10.3. The molecule has 2 heterocycles. The van der Waals surface area contributed by atoms with Gasteiger partial charge in [-0.2, -0.15) is 0 Å². The average molecular weight is 389 g/mol. The lowest BCUT2D eigenvalue weighted by Gasteiger charge is -2.32. The number of nitrogens with one attached hydrogen (secondary N) is 2. The molecule has 154 valence electrons. The van der Waals surface area contributed by atoms with E-state index in [4.69, 9.17) is 4.74 Å². The van der Waals surface area contributed by atoms with Gasteiger partial charge in [-0.15, -0.1) is 0 Å². The molecule has 28 heavy (non-hydrogen) atoms. The fraction of sp³-hybridized carbons (Fsp3) is 0.667. The highest BCUT2D eigenvalue weighted by Crippen LogP contribution is 2.19. The molecular formula is C21H32N4O3. The fourth-order valence-corrected chi connectivity index (χ4v) is 3.99. The Bertz CT molecular complexity index is 651. The monoisotopic (exact) mass is 388 g/mol. The van der Waals surface area contributed by atoms with E-state index >= 15 is 0 Å². The second-order valence-electron chi connectivity index (χ2n) is 7.73. The molecule has 2 aliphatic rings. The molecule has 0 spiro atoms. The van der Waals surface area contributed by atoms with Crippen LogP contribution in [-0.2, 0) is 4.74 Å². The Morgan fingerprint density at radius 3 is 2.46 bits per heavy atom. The van der Waals surface area contributed by atoms with Gasteiger partial charge in [-0.3, -0.25) is 9.78 Å². The Labute approximate surface area is 167 Å². The predicted octanol–water partition coefficient (Wildman–Crippen LogP) is 3.57. The van der Waals surface area contributed by atoms with Crippen molar-refractivity contribution in [3.63, 3.8) is 0 Å². The molecule has 7 nitrogen and oxygen atoms in total. The van der Waals surface area contributed by atoms with Crippen molar-refractivity contribution < 1.29 is 14.3 Å². The number of hydrogen-bond donors (Lipinski definition) is 2. The van der Waals surface area contributed by atoms with Gasteiger partial charge in [0.2, 0.25) is 0 Å². The number of aromatic nitrogens is 1. The standard InChI is InChI=1S/C21H32N4O3/c1-2-28-21(27)25-11-9-18(10-12-25)23-19-13-16(14-22-15-19)20(26)24-17-7-5-3-4-6-8-17/h13-15,17-18,23H,2-12H2,1H3,(H,24,26). The topological polar surface area (TPSA) is 83.6 Å². The second-order valence-corrected chi connectivity index (χ2v) is 7.73. The lowest BCUT2D eigenvalue weighted by Crippen LogP contribution is -2.42. The van der Waals surface area contributed by atoms with Crippen LogP contribution in [0.25, 0.3) is 0 Å². The van der Waals surface area contributed by atoms with Crippen molar-refractivity contribution in [1.82, 2.24) is 15.2 Å². The van der Waals surface area contributed by atoms with Gasteiger partial charge in [-0.05, 0) is 38.7 Å². The van der Waals surface area contributed by atoms with Gasteiger partial charge in [0.1, 0.15) is 0 Å². The number of hydrogen-bond acceptors (Lipinski definition) is 5. The number of rotatable bonds is 5. The smallest absolute Gasteiger partial charge is 0.409 e. The van der Waals surface area contributed by atoms with Crippen LogP contribution in [0.3, 0.4) is 0 Å². The van der Waals surface area contributed by atoms with Crippen molar-refractivity contribution in [3.8, 4) is 0 Å². The number of carbonyl (C=O) groups is 2. The molecule has 0 aromatic carbocycles. The maximum absolute atomic E-state index is 12.6. The van der Waals surface area contributed by atoms with Crippen LogP contribution in [0.15, 0.2) is 18.5 Å². The molecule has 2 N–H and O–H groups in total. The van der Waals surface area contributed by atoms with Gasteiger partial charge in [0, 0.05) is 37.6 Å². The van der Waals surface area contributed by atoms with Gasteiger partial charge in [0.05, 0.1) is 17.9 Å². The largest absolute Gasteiger partial charge is 0.450 e. The Balaban J connectivity index is 1.51. The molecule has 3 rings (SSSR count). The Kier molecular flexibility index (Phi) is 7.51. The minimum Gasteiger partial charge on any atom is -0.450 e. The van der Waals surface area contributed by atoms with Crippen LogP contribution in [0.4, 0.5) is 10.5 Å². The van der Waals surface area contributed by atoms with Crippen LogP contribution in [-0.4, -0.2) is 53.7 Å². The maximum Gasteiger partial charge on any atom is 0.409 e. The number of carbonyl (C=O) groups excluding carboxylic acids is 2. The van der Waals surface area contributed by atoms with Crippen LogP contribution in [0.1, 0.15) is 68.6 Å². The van der Waals surface area contributed by atoms with Gasteiger partial charge in [0.15, 0.2) is 0 Å². The summed E-state index contributed by atoms with van der Waals surface area (Å²) in [5.74, 6) is -0.0415. The molecule has 0 unspecified atom stereocenters. The molecular weight excluding hydrogens is 356 g/mol. The van der Waals surface area contributed by atoms with Gasteiger partial charge >= 0.3 is 6.09 Å². The van der Waals surface area contributed by atoms with E-state index < -0.39 is 0 Å². The first-order valence-electron chi connectivity index (χ1n) is 10.6. The first kappa shape index (κ1) is 20.4. The molecule has 2 amide bonds. The van der Waals surface area contributed by atoms with E-state index in [1.54, 1.807) is 17.3 Å². The van der Waals surface area contributed by atoms with Crippen LogP contribution >= 0.6 is 0 Å². The summed E-state index contributed by atoms with van der Waals surface area (Å²) in [4.78, 5) is 30.4. The van der Waals surface area contributed by atoms with Gasteiger partial charge in [-0.25, -0.2) is 4.79 Å². The summed E-state index contributed by atoms with van der Waals surface area (Å²) in [5, 5.41) is 6.63. The number of pyridine rings is 1. The van der Waals surface area contributed by atoms with Crippen molar-refractivity contribution in [2.24, 2.45) is 0 Å². The molecule has 1 aromatic rings. The number of likely N-dealkylation sites (tertiary alicyclic amines) is 1.